The summed E-state index contributed by atoms with van der Waals surface area (Å²) in [5.41, 5.74) is 0.437. The normalized spacial score (nSPS) is 23.0. The number of Topliss-reactive ketones (excluding diaryl/α,β-unsaturated/α-hetero) is 1. The SMILES string of the molecule is C[C@H]1CN(C(=O)OC(C)(C)C)[C@H](c2ccccc2)CC1=O. The molecule has 4 heteroatoms. The summed E-state index contributed by atoms with van der Waals surface area (Å²) in [6.07, 6.45) is 0.000409. The molecule has 0 radical (unpaired) electrons. The van der Waals surface area contributed by atoms with Crippen molar-refractivity contribution in [3.63, 3.8) is 0 Å². The minimum absolute atomic E-state index is 0.141. The van der Waals surface area contributed by atoms with E-state index in [0.29, 0.717) is 13.0 Å². The molecule has 21 heavy (non-hydrogen) atoms. The number of rotatable bonds is 1. The van der Waals surface area contributed by atoms with Gasteiger partial charge in [0.2, 0.25) is 0 Å². The molecule has 1 aliphatic heterocycles. The summed E-state index contributed by atoms with van der Waals surface area (Å²) in [5, 5.41) is 0. The lowest BCUT2D eigenvalue weighted by Crippen LogP contribution is -2.47. The van der Waals surface area contributed by atoms with Gasteiger partial charge in [0.05, 0.1) is 6.04 Å². The first kappa shape index (κ1) is 15.5. The number of benzene rings is 1. The third-order valence-corrected chi connectivity index (χ3v) is 3.60. The lowest BCUT2D eigenvalue weighted by atomic mass is 9.89. The van der Waals surface area contributed by atoms with Gasteiger partial charge in [-0.3, -0.25) is 4.79 Å². The minimum Gasteiger partial charge on any atom is -0.444 e. The van der Waals surface area contributed by atoms with E-state index in [-0.39, 0.29) is 23.8 Å². The highest BCUT2D eigenvalue weighted by atomic mass is 16.6. The molecule has 1 heterocycles. The first-order valence-corrected chi connectivity index (χ1v) is 7.35. The topological polar surface area (TPSA) is 46.6 Å². The van der Waals surface area contributed by atoms with Gasteiger partial charge in [-0.1, -0.05) is 37.3 Å². The molecule has 0 aromatic heterocycles. The van der Waals surface area contributed by atoms with Gasteiger partial charge in [0.1, 0.15) is 11.4 Å². The second kappa shape index (κ2) is 5.88. The number of carbonyl (C=O) groups excluding carboxylic acids is 2. The monoisotopic (exact) mass is 289 g/mol. The van der Waals surface area contributed by atoms with E-state index in [1.54, 1.807) is 4.90 Å². The van der Waals surface area contributed by atoms with Crippen molar-refractivity contribution in [1.29, 1.82) is 0 Å². The molecule has 1 saturated heterocycles. The lowest BCUT2D eigenvalue weighted by molar-refractivity contribution is -0.127. The summed E-state index contributed by atoms with van der Waals surface area (Å²) in [6.45, 7) is 7.82. The Morgan fingerprint density at radius 3 is 2.43 bits per heavy atom. The van der Waals surface area contributed by atoms with E-state index in [1.807, 2.05) is 58.0 Å². The second-order valence-corrected chi connectivity index (χ2v) is 6.63. The van der Waals surface area contributed by atoms with E-state index in [1.165, 1.54) is 0 Å². The third kappa shape index (κ3) is 3.84. The van der Waals surface area contributed by atoms with Crippen molar-refractivity contribution in [3.8, 4) is 0 Å². The van der Waals surface area contributed by atoms with Gasteiger partial charge < -0.3 is 9.64 Å². The molecule has 1 aromatic carbocycles. The van der Waals surface area contributed by atoms with Crippen LogP contribution in [0.1, 0.15) is 45.7 Å². The van der Waals surface area contributed by atoms with Crippen molar-refractivity contribution in [2.45, 2.75) is 45.8 Å². The van der Waals surface area contributed by atoms with Gasteiger partial charge in [0.15, 0.2) is 0 Å². The number of likely N-dealkylation sites (tertiary alicyclic amines) is 1. The van der Waals surface area contributed by atoms with Gasteiger partial charge in [0, 0.05) is 18.9 Å². The molecule has 2 rings (SSSR count). The Morgan fingerprint density at radius 2 is 1.86 bits per heavy atom. The molecule has 4 nitrogen and oxygen atoms in total. The fourth-order valence-electron chi connectivity index (χ4n) is 2.52. The van der Waals surface area contributed by atoms with Gasteiger partial charge in [-0.15, -0.1) is 0 Å². The first-order chi connectivity index (χ1) is 9.78. The third-order valence-electron chi connectivity index (χ3n) is 3.60. The van der Waals surface area contributed by atoms with Gasteiger partial charge >= 0.3 is 6.09 Å². The van der Waals surface area contributed by atoms with Crippen LogP contribution in [0.4, 0.5) is 4.79 Å². The van der Waals surface area contributed by atoms with Crippen molar-refractivity contribution in [1.82, 2.24) is 4.90 Å². The highest BCUT2D eigenvalue weighted by Gasteiger charge is 2.37. The molecule has 0 N–H and O–H groups in total. The molecular formula is C17H23NO3. The van der Waals surface area contributed by atoms with Crippen LogP contribution in [0.5, 0.6) is 0 Å². The maximum Gasteiger partial charge on any atom is 0.410 e. The van der Waals surface area contributed by atoms with Crippen LogP contribution in [0.3, 0.4) is 0 Å². The Bertz CT molecular complexity index is 519. The van der Waals surface area contributed by atoms with Gasteiger partial charge in [-0.25, -0.2) is 4.79 Å². The summed E-state index contributed by atoms with van der Waals surface area (Å²) >= 11 is 0. The molecule has 1 fully saturated rings. The minimum atomic E-state index is -0.539. The average Bonchev–Trinajstić information content (AvgIpc) is 2.40. The molecule has 1 aromatic rings. The quantitative estimate of drug-likeness (QED) is 0.794. The van der Waals surface area contributed by atoms with Crippen molar-refractivity contribution in [2.75, 3.05) is 6.54 Å². The number of ketones is 1. The predicted octanol–water partition coefficient (Wildman–Crippen LogP) is 3.57. The summed E-state index contributed by atoms with van der Waals surface area (Å²) in [7, 11) is 0. The second-order valence-electron chi connectivity index (χ2n) is 6.63. The summed E-state index contributed by atoms with van der Waals surface area (Å²) in [5.74, 6) is 0.0566. The predicted molar refractivity (Wildman–Crippen MR) is 80.9 cm³/mol. The van der Waals surface area contributed by atoms with Crippen LogP contribution < -0.4 is 0 Å². The Balaban J connectivity index is 2.26. The van der Waals surface area contributed by atoms with E-state index in [2.05, 4.69) is 0 Å². The van der Waals surface area contributed by atoms with Crippen LogP contribution >= 0.6 is 0 Å². The molecule has 0 unspecified atom stereocenters. The average molecular weight is 289 g/mol. The van der Waals surface area contributed by atoms with Crippen molar-refractivity contribution < 1.29 is 14.3 Å². The number of hydrogen-bond acceptors (Lipinski definition) is 3. The van der Waals surface area contributed by atoms with Gasteiger partial charge in [-0.05, 0) is 26.3 Å². The van der Waals surface area contributed by atoms with Crippen molar-refractivity contribution >= 4 is 11.9 Å². The maximum absolute atomic E-state index is 12.4. The fraction of sp³-hybridized carbons (Fsp3) is 0.529. The van der Waals surface area contributed by atoms with Gasteiger partial charge in [-0.2, -0.15) is 0 Å². The molecule has 114 valence electrons. The molecule has 2 atom stereocenters. The lowest BCUT2D eigenvalue weighted by Gasteiger charge is -2.38. The van der Waals surface area contributed by atoms with Crippen molar-refractivity contribution in [3.05, 3.63) is 35.9 Å². The Kier molecular flexibility index (Phi) is 4.35. The fourth-order valence-corrected chi connectivity index (χ4v) is 2.52. The molecule has 1 amide bonds. The largest absolute Gasteiger partial charge is 0.444 e. The van der Waals surface area contributed by atoms with Gasteiger partial charge in [0.25, 0.3) is 0 Å². The van der Waals surface area contributed by atoms with E-state index in [9.17, 15) is 9.59 Å². The number of ether oxygens (including phenoxy) is 1. The zero-order chi connectivity index (χ0) is 15.6. The highest BCUT2D eigenvalue weighted by molar-refractivity contribution is 5.84. The molecule has 0 aliphatic carbocycles. The standard InChI is InChI=1S/C17H23NO3/c1-12-11-18(16(20)21-17(2,3)4)14(10-15(12)19)13-8-6-5-7-9-13/h5-9,12,14H,10-11H2,1-4H3/t12-,14-/m0/s1. The number of carbonyl (C=O) groups is 2. The smallest absolute Gasteiger partial charge is 0.410 e. The summed E-state index contributed by atoms with van der Waals surface area (Å²) in [4.78, 5) is 26.2. The highest BCUT2D eigenvalue weighted by Crippen LogP contribution is 2.32. The Morgan fingerprint density at radius 1 is 1.24 bits per heavy atom. The number of nitrogens with zero attached hydrogens (tertiary/aromatic N) is 1. The van der Waals surface area contributed by atoms with Crippen LogP contribution in [0.2, 0.25) is 0 Å². The molecule has 0 bridgehead atoms. The Labute approximate surface area is 126 Å². The van der Waals surface area contributed by atoms with E-state index < -0.39 is 5.60 Å². The molecular weight excluding hydrogens is 266 g/mol. The van der Waals surface area contributed by atoms with Crippen LogP contribution in [0, 0.1) is 5.92 Å². The van der Waals surface area contributed by atoms with Crippen LogP contribution in [0.25, 0.3) is 0 Å². The summed E-state index contributed by atoms with van der Waals surface area (Å²) < 4.78 is 5.49. The number of hydrogen-bond donors (Lipinski definition) is 0. The zero-order valence-electron chi connectivity index (χ0n) is 13.1. The Hall–Kier alpha value is -1.84. The van der Waals surface area contributed by atoms with E-state index in [4.69, 9.17) is 4.74 Å². The number of piperidine rings is 1. The van der Waals surface area contributed by atoms with Crippen LogP contribution in [-0.2, 0) is 9.53 Å². The van der Waals surface area contributed by atoms with E-state index >= 15 is 0 Å². The first-order valence-electron chi connectivity index (χ1n) is 7.35. The summed E-state index contributed by atoms with van der Waals surface area (Å²) in [6, 6.07) is 9.44. The van der Waals surface area contributed by atoms with Crippen LogP contribution in [-0.4, -0.2) is 28.9 Å². The van der Waals surface area contributed by atoms with E-state index in [0.717, 1.165) is 5.56 Å². The van der Waals surface area contributed by atoms with Crippen molar-refractivity contribution in [2.24, 2.45) is 5.92 Å². The maximum atomic E-state index is 12.4. The zero-order valence-corrected chi connectivity index (χ0v) is 13.1. The number of amides is 1. The molecule has 0 spiro atoms. The molecule has 1 aliphatic rings. The molecule has 0 saturated carbocycles. The van der Waals surface area contributed by atoms with Crippen LogP contribution in [0.15, 0.2) is 30.3 Å².